The first-order valence-corrected chi connectivity index (χ1v) is 10.5. The number of anilines is 1. The zero-order chi connectivity index (χ0) is 19.2. The molecule has 0 saturated carbocycles. The Labute approximate surface area is 161 Å². The van der Waals surface area contributed by atoms with Crippen LogP contribution in [0.2, 0.25) is 5.02 Å². The molecule has 3 aromatic rings. The van der Waals surface area contributed by atoms with Crippen molar-refractivity contribution in [2.24, 2.45) is 0 Å². The van der Waals surface area contributed by atoms with Gasteiger partial charge in [-0.05, 0) is 35.8 Å². The lowest BCUT2D eigenvalue weighted by Crippen LogP contribution is -2.19. The number of hydrogen-bond donors (Lipinski definition) is 3. The summed E-state index contributed by atoms with van der Waals surface area (Å²) < 4.78 is 26.5. The van der Waals surface area contributed by atoms with Crippen LogP contribution < -0.4 is 10.0 Å². The summed E-state index contributed by atoms with van der Waals surface area (Å²) in [5.74, 6) is 0.271. The Morgan fingerprint density at radius 1 is 1.31 bits per heavy atom. The van der Waals surface area contributed by atoms with Gasteiger partial charge in [0.15, 0.2) is 0 Å². The Balaban J connectivity index is 0.00000117. The summed E-state index contributed by atoms with van der Waals surface area (Å²) in [6.07, 6.45) is 0. The molecular formula is C15H19ClN6O2S2. The molecule has 0 unspecified atom stereocenters. The number of tetrazole rings is 1. The van der Waals surface area contributed by atoms with Crippen molar-refractivity contribution in [2.75, 3.05) is 12.4 Å². The third kappa shape index (κ3) is 4.58. The molecule has 0 atom stereocenters. The van der Waals surface area contributed by atoms with Crippen molar-refractivity contribution in [3.05, 3.63) is 39.5 Å². The summed E-state index contributed by atoms with van der Waals surface area (Å²) in [6.45, 7) is 4.57. The van der Waals surface area contributed by atoms with E-state index in [0.29, 0.717) is 17.8 Å². The van der Waals surface area contributed by atoms with Crippen molar-refractivity contribution in [3.63, 3.8) is 0 Å². The Kier molecular flexibility index (Phi) is 7.09. The number of rotatable bonds is 6. The quantitative estimate of drug-likeness (QED) is 0.571. The van der Waals surface area contributed by atoms with Crippen LogP contribution in [0.4, 0.5) is 5.69 Å². The molecular weight excluding hydrogens is 396 g/mol. The van der Waals surface area contributed by atoms with Crippen molar-refractivity contribution in [2.45, 2.75) is 25.3 Å². The molecule has 11 heteroatoms. The predicted molar refractivity (Wildman–Crippen MR) is 104 cm³/mol. The Bertz CT molecular complexity index is 927. The van der Waals surface area contributed by atoms with Crippen molar-refractivity contribution in [3.8, 4) is 11.4 Å². The fraction of sp³-hybridized carbons (Fsp3) is 0.267. The predicted octanol–water partition coefficient (Wildman–Crippen LogP) is 3.13. The fourth-order valence-corrected chi connectivity index (χ4v) is 3.99. The summed E-state index contributed by atoms with van der Waals surface area (Å²) in [4.78, 5) is 1.07. The zero-order valence-electron chi connectivity index (χ0n) is 14.4. The number of halogens is 1. The van der Waals surface area contributed by atoms with E-state index in [-0.39, 0.29) is 15.7 Å². The molecule has 8 nitrogen and oxygen atoms in total. The van der Waals surface area contributed by atoms with Crippen LogP contribution in [0.1, 0.15) is 18.7 Å². The largest absolute Gasteiger partial charge is 0.380 e. The summed E-state index contributed by atoms with van der Waals surface area (Å²) in [5, 5.41) is 19.0. The van der Waals surface area contributed by atoms with Crippen molar-refractivity contribution < 1.29 is 8.42 Å². The molecule has 0 radical (unpaired) electrons. The highest BCUT2D eigenvalue weighted by Gasteiger charge is 2.21. The second-order valence-corrected chi connectivity index (χ2v) is 8.00. The first-order valence-electron chi connectivity index (χ1n) is 7.78. The van der Waals surface area contributed by atoms with Gasteiger partial charge < -0.3 is 5.32 Å². The highest BCUT2D eigenvalue weighted by molar-refractivity contribution is 7.89. The number of thiophene rings is 1. The second-order valence-electron chi connectivity index (χ2n) is 4.70. The van der Waals surface area contributed by atoms with Gasteiger partial charge in [0.2, 0.25) is 15.8 Å². The number of hydrogen-bond acceptors (Lipinski definition) is 7. The van der Waals surface area contributed by atoms with E-state index in [9.17, 15) is 8.42 Å². The zero-order valence-corrected chi connectivity index (χ0v) is 16.8. The average Bonchev–Trinajstić information content (AvgIpc) is 3.35. The molecule has 0 spiro atoms. The molecule has 0 amide bonds. The smallest absolute Gasteiger partial charge is 0.241 e. The van der Waals surface area contributed by atoms with Crippen LogP contribution in [0.3, 0.4) is 0 Å². The summed E-state index contributed by atoms with van der Waals surface area (Å²) >= 11 is 7.78. The van der Waals surface area contributed by atoms with Gasteiger partial charge in [-0.1, -0.05) is 31.5 Å². The van der Waals surface area contributed by atoms with Crippen molar-refractivity contribution in [1.29, 1.82) is 0 Å². The molecule has 26 heavy (non-hydrogen) atoms. The van der Waals surface area contributed by atoms with Gasteiger partial charge in [-0.3, -0.25) is 0 Å². The van der Waals surface area contributed by atoms with Crippen LogP contribution in [0.5, 0.6) is 0 Å². The SMILES string of the molecule is CC.CNS(=O)(=O)c1cc(-c2nn[nH]n2)c(NCc2cccs2)cc1Cl. The average molecular weight is 415 g/mol. The van der Waals surface area contributed by atoms with Crippen LogP contribution in [-0.4, -0.2) is 36.1 Å². The van der Waals surface area contributed by atoms with E-state index in [0.717, 1.165) is 4.88 Å². The van der Waals surface area contributed by atoms with Crippen LogP contribution in [0, 0.1) is 0 Å². The molecule has 0 aliphatic carbocycles. The Morgan fingerprint density at radius 2 is 2.08 bits per heavy atom. The Morgan fingerprint density at radius 3 is 2.65 bits per heavy atom. The van der Waals surface area contributed by atoms with Crippen LogP contribution in [-0.2, 0) is 16.6 Å². The van der Waals surface area contributed by atoms with Gasteiger partial charge in [0.05, 0.1) is 5.02 Å². The number of benzene rings is 1. The summed E-state index contributed by atoms with van der Waals surface area (Å²) in [5.41, 5.74) is 1.10. The number of nitrogens with one attached hydrogen (secondary N) is 3. The standard InChI is InChI=1S/C13H13ClN6O2S2.C2H6/c1-15-24(21,22)12-5-9(13-17-19-20-18-13)11(6-10(12)14)16-7-8-3-2-4-23-8;1-2/h2-6,15-16H,7H2,1H3,(H,17,18,19,20);1-2H3. The lowest BCUT2D eigenvalue weighted by Gasteiger charge is -2.13. The number of H-pyrrole nitrogens is 1. The third-order valence-electron chi connectivity index (χ3n) is 3.25. The van der Waals surface area contributed by atoms with Crippen molar-refractivity contribution in [1.82, 2.24) is 25.3 Å². The van der Waals surface area contributed by atoms with E-state index in [4.69, 9.17) is 11.6 Å². The van der Waals surface area contributed by atoms with Crippen LogP contribution in [0.25, 0.3) is 11.4 Å². The van der Waals surface area contributed by atoms with Gasteiger partial charge in [0.25, 0.3) is 0 Å². The molecule has 0 aliphatic heterocycles. The van der Waals surface area contributed by atoms with Gasteiger partial charge in [0.1, 0.15) is 4.90 Å². The van der Waals surface area contributed by atoms with E-state index in [2.05, 4.69) is 30.7 Å². The lowest BCUT2D eigenvalue weighted by molar-refractivity contribution is 0.588. The number of nitrogens with zero attached hydrogens (tertiary/aromatic N) is 3. The normalized spacial score (nSPS) is 10.9. The minimum Gasteiger partial charge on any atom is -0.380 e. The number of aromatic nitrogens is 4. The Hall–Kier alpha value is -2.01. The van der Waals surface area contributed by atoms with E-state index < -0.39 is 10.0 Å². The van der Waals surface area contributed by atoms with Gasteiger partial charge in [-0.15, -0.1) is 21.5 Å². The van der Waals surface area contributed by atoms with Crippen LogP contribution in [0.15, 0.2) is 34.5 Å². The van der Waals surface area contributed by atoms with E-state index >= 15 is 0 Å². The maximum Gasteiger partial charge on any atom is 0.241 e. The van der Waals surface area contributed by atoms with Crippen molar-refractivity contribution >= 4 is 38.6 Å². The maximum atomic E-state index is 12.1. The van der Waals surface area contributed by atoms with Gasteiger partial charge in [0, 0.05) is 22.7 Å². The summed E-state index contributed by atoms with van der Waals surface area (Å²) in [6, 6.07) is 6.92. The molecule has 1 aromatic carbocycles. The lowest BCUT2D eigenvalue weighted by atomic mass is 10.1. The minimum absolute atomic E-state index is 0.0480. The molecule has 2 heterocycles. The number of aromatic amines is 1. The topological polar surface area (TPSA) is 113 Å². The maximum absolute atomic E-state index is 12.1. The first-order chi connectivity index (χ1) is 12.5. The molecule has 140 valence electrons. The fourth-order valence-electron chi connectivity index (χ4n) is 2.07. The first kappa shape index (κ1) is 20.3. The molecule has 0 bridgehead atoms. The minimum atomic E-state index is -3.71. The van der Waals surface area contributed by atoms with Gasteiger partial charge >= 0.3 is 0 Å². The highest BCUT2D eigenvalue weighted by Crippen LogP contribution is 2.34. The third-order valence-corrected chi connectivity index (χ3v) is 6.01. The highest BCUT2D eigenvalue weighted by atomic mass is 35.5. The van der Waals surface area contributed by atoms with Crippen LogP contribution >= 0.6 is 22.9 Å². The van der Waals surface area contributed by atoms with E-state index in [1.165, 1.54) is 13.1 Å². The van der Waals surface area contributed by atoms with Gasteiger partial charge in [-0.2, -0.15) is 5.21 Å². The monoisotopic (exact) mass is 414 g/mol. The number of sulfonamides is 1. The molecule has 3 N–H and O–H groups in total. The van der Waals surface area contributed by atoms with E-state index in [1.54, 1.807) is 17.4 Å². The second kappa shape index (κ2) is 9.08. The summed E-state index contributed by atoms with van der Waals surface area (Å²) in [7, 11) is -2.39. The molecule has 2 aromatic heterocycles. The molecule has 3 rings (SSSR count). The van der Waals surface area contributed by atoms with Gasteiger partial charge in [-0.25, -0.2) is 13.1 Å². The molecule has 0 fully saturated rings. The molecule has 0 saturated heterocycles. The van der Waals surface area contributed by atoms with E-state index in [1.807, 2.05) is 31.4 Å². The molecule has 0 aliphatic rings.